The summed E-state index contributed by atoms with van der Waals surface area (Å²) >= 11 is 2.97. The third-order valence-electron chi connectivity index (χ3n) is 2.18. The third kappa shape index (κ3) is 2.04. The number of hydrogen-bond donors (Lipinski definition) is 1. The number of nitrogens with two attached hydrogens (primary N) is 1. The Hall–Kier alpha value is -1.79. The van der Waals surface area contributed by atoms with Crippen molar-refractivity contribution in [3.8, 4) is 20.5 Å². The van der Waals surface area contributed by atoms with E-state index in [4.69, 9.17) is 5.73 Å². The van der Waals surface area contributed by atoms with E-state index < -0.39 is 0 Å². The van der Waals surface area contributed by atoms with Crippen molar-refractivity contribution in [2.75, 3.05) is 5.73 Å². The molecule has 0 saturated heterocycles. The van der Waals surface area contributed by atoms with E-state index in [0.29, 0.717) is 5.13 Å². The quantitative estimate of drug-likeness (QED) is 0.769. The predicted molar refractivity (Wildman–Crippen MR) is 70.9 cm³/mol. The van der Waals surface area contributed by atoms with E-state index in [1.54, 1.807) is 11.3 Å². The summed E-state index contributed by atoms with van der Waals surface area (Å²) in [6.07, 6.45) is 1.81. The molecule has 0 bridgehead atoms. The van der Waals surface area contributed by atoms with Gasteiger partial charge in [0.15, 0.2) is 5.01 Å². The van der Waals surface area contributed by atoms with Crippen LogP contribution in [0.5, 0.6) is 0 Å². The summed E-state index contributed by atoms with van der Waals surface area (Å²) in [5, 5.41) is 10.1. The fourth-order valence-corrected chi connectivity index (χ4v) is 2.99. The maximum absolute atomic E-state index is 5.56. The molecule has 2 aromatic heterocycles. The Morgan fingerprint density at radius 3 is 2.47 bits per heavy atom. The summed E-state index contributed by atoms with van der Waals surface area (Å²) in [5.74, 6) is 0. The first-order valence-electron chi connectivity index (χ1n) is 4.93. The molecule has 0 radical (unpaired) electrons. The van der Waals surface area contributed by atoms with Gasteiger partial charge in [0, 0.05) is 11.8 Å². The van der Waals surface area contributed by atoms with E-state index in [1.807, 2.05) is 36.5 Å². The first-order chi connectivity index (χ1) is 8.33. The summed E-state index contributed by atoms with van der Waals surface area (Å²) in [6.45, 7) is 0. The molecule has 0 atom stereocenters. The molecule has 0 aliphatic carbocycles. The molecule has 84 valence electrons. The molecule has 0 amide bonds. The molecule has 0 fully saturated rings. The molecule has 2 N–H and O–H groups in total. The molecule has 0 unspecified atom stereocenters. The van der Waals surface area contributed by atoms with Crippen LogP contribution in [0.15, 0.2) is 36.5 Å². The van der Waals surface area contributed by atoms with Crippen molar-refractivity contribution in [2.24, 2.45) is 0 Å². The number of hydrogen-bond acceptors (Lipinski definition) is 6. The van der Waals surface area contributed by atoms with Crippen molar-refractivity contribution in [2.45, 2.75) is 0 Å². The number of benzene rings is 1. The average molecular weight is 260 g/mol. The molecule has 0 aliphatic rings. The Kier molecular flexibility index (Phi) is 2.58. The first kappa shape index (κ1) is 10.4. The number of thiazole rings is 1. The van der Waals surface area contributed by atoms with Crippen LogP contribution in [0, 0.1) is 0 Å². The van der Waals surface area contributed by atoms with Crippen molar-refractivity contribution in [1.82, 2.24) is 15.2 Å². The van der Waals surface area contributed by atoms with Crippen LogP contribution in [0.1, 0.15) is 0 Å². The zero-order chi connectivity index (χ0) is 11.7. The molecule has 3 aromatic rings. The van der Waals surface area contributed by atoms with E-state index in [9.17, 15) is 0 Å². The van der Waals surface area contributed by atoms with Gasteiger partial charge in [-0.05, 0) is 0 Å². The SMILES string of the molecule is Nc1nnc(-c2cnc(-c3ccccc3)s2)s1. The Labute approximate surface area is 106 Å². The zero-order valence-corrected chi connectivity index (χ0v) is 10.3. The smallest absolute Gasteiger partial charge is 0.203 e. The molecule has 3 rings (SSSR count). The summed E-state index contributed by atoms with van der Waals surface area (Å²) in [7, 11) is 0. The summed E-state index contributed by atoms with van der Waals surface area (Å²) < 4.78 is 0. The predicted octanol–water partition coefficient (Wildman–Crippen LogP) is 2.91. The summed E-state index contributed by atoms with van der Waals surface area (Å²) in [4.78, 5) is 5.39. The van der Waals surface area contributed by atoms with Crippen LogP contribution < -0.4 is 5.73 Å². The van der Waals surface area contributed by atoms with Gasteiger partial charge in [-0.2, -0.15) is 0 Å². The fraction of sp³-hybridized carbons (Fsp3) is 0. The van der Waals surface area contributed by atoms with Crippen LogP contribution in [0.2, 0.25) is 0 Å². The average Bonchev–Trinajstić information content (AvgIpc) is 2.98. The van der Waals surface area contributed by atoms with Crippen LogP contribution in [-0.4, -0.2) is 15.2 Å². The number of nitrogens with zero attached hydrogens (tertiary/aromatic N) is 3. The largest absolute Gasteiger partial charge is 0.374 e. The van der Waals surface area contributed by atoms with Gasteiger partial charge in [-0.25, -0.2) is 4.98 Å². The lowest BCUT2D eigenvalue weighted by atomic mass is 10.2. The van der Waals surface area contributed by atoms with E-state index >= 15 is 0 Å². The van der Waals surface area contributed by atoms with Crippen LogP contribution in [-0.2, 0) is 0 Å². The van der Waals surface area contributed by atoms with E-state index in [2.05, 4.69) is 15.2 Å². The highest BCUT2D eigenvalue weighted by Crippen LogP contribution is 2.33. The second-order valence-corrected chi connectivity index (χ2v) is 5.38. The molecule has 4 nitrogen and oxygen atoms in total. The van der Waals surface area contributed by atoms with Gasteiger partial charge in [0.1, 0.15) is 5.01 Å². The second kappa shape index (κ2) is 4.23. The van der Waals surface area contributed by atoms with Gasteiger partial charge >= 0.3 is 0 Å². The van der Waals surface area contributed by atoms with Crippen LogP contribution in [0.4, 0.5) is 5.13 Å². The number of rotatable bonds is 2. The lowest BCUT2D eigenvalue weighted by Gasteiger charge is -1.92. The fourth-order valence-electron chi connectivity index (χ4n) is 1.42. The Balaban J connectivity index is 1.99. The Bertz CT molecular complexity index is 630. The molecule has 0 aliphatic heterocycles. The van der Waals surface area contributed by atoms with Crippen LogP contribution in [0.3, 0.4) is 0 Å². The Morgan fingerprint density at radius 1 is 0.941 bits per heavy atom. The van der Waals surface area contributed by atoms with Crippen molar-refractivity contribution >= 4 is 27.8 Å². The summed E-state index contributed by atoms with van der Waals surface area (Å²) in [5.41, 5.74) is 6.68. The Morgan fingerprint density at radius 2 is 1.76 bits per heavy atom. The highest BCUT2D eigenvalue weighted by atomic mass is 32.1. The standard InChI is InChI=1S/C11H8N4S2/c12-11-15-14-10(17-11)8-6-13-9(16-8)7-4-2-1-3-5-7/h1-6H,(H2,12,15). The highest BCUT2D eigenvalue weighted by Gasteiger charge is 2.09. The van der Waals surface area contributed by atoms with E-state index in [-0.39, 0.29) is 0 Å². The molecule has 0 spiro atoms. The highest BCUT2D eigenvalue weighted by molar-refractivity contribution is 7.24. The molecular weight excluding hydrogens is 252 g/mol. The number of anilines is 1. The van der Waals surface area contributed by atoms with Gasteiger partial charge in [0.2, 0.25) is 5.13 Å². The third-order valence-corrected chi connectivity index (χ3v) is 4.15. The van der Waals surface area contributed by atoms with Gasteiger partial charge in [-0.15, -0.1) is 21.5 Å². The molecule has 0 saturated carbocycles. The van der Waals surface area contributed by atoms with Gasteiger partial charge in [0.05, 0.1) is 4.88 Å². The molecule has 1 aromatic carbocycles. The van der Waals surface area contributed by atoms with Gasteiger partial charge in [-0.3, -0.25) is 0 Å². The topological polar surface area (TPSA) is 64.7 Å². The van der Waals surface area contributed by atoms with Gasteiger partial charge in [0.25, 0.3) is 0 Å². The van der Waals surface area contributed by atoms with E-state index in [0.717, 1.165) is 20.5 Å². The number of nitrogen functional groups attached to an aromatic ring is 1. The molecule has 6 heteroatoms. The van der Waals surface area contributed by atoms with Crippen molar-refractivity contribution < 1.29 is 0 Å². The lowest BCUT2D eigenvalue weighted by molar-refractivity contribution is 1.10. The van der Waals surface area contributed by atoms with Crippen LogP contribution in [0.25, 0.3) is 20.5 Å². The molecule has 17 heavy (non-hydrogen) atoms. The number of aromatic nitrogens is 3. The minimum atomic E-state index is 0.481. The van der Waals surface area contributed by atoms with Crippen molar-refractivity contribution in [3.63, 3.8) is 0 Å². The maximum Gasteiger partial charge on any atom is 0.203 e. The molecule has 2 heterocycles. The van der Waals surface area contributed by atoms with Crippen molar-refractivity contribution in [1.29, 1.82) is 0 Å². The summed E-state index contributed by atoms with van der Waals surface area (Å²) in [6, 6.07) is 10.1. The normalized spacial score (nSPS) is 10.6. The minimum absolute atomic E-state index is 0.481. The lowest BCUT2D eigenvalue weighted by Crippen LogP contribution is -1.79. The van der Waals surface area contributed by atoms with E-state index in [1.165, 1.54) is 11.3 Å². The first-order valence-corrected chi connectivity index (χ1v) is 6.57. The van der Waals surface area contributed by atoms with Crippen molar-refractivity contribution in [3.05, 3.63) is 36.5 Å². The van der Waals surface area contributed by atoms with Gasteiger partial charge in [-0.1, -0.05) is 41.7 Å². The maximum atomic E-state index is 5.56. The van der Waals surface area contributed by atoms with Gasteiger partial charge < -0.3 is 5.73 Å². The minimum Gasteiger partial charge on any atom is -0.374 e. The molecular formula is C11H8N4S2. The second-order valence-electron chi connectivity index (χ2n) is 3.34. The zero-order valence-electron chi connectivity index (χ0n) is 8.70. The monoisotopic (exact) mass is 260 g/mol. The van der Waals surface area contributed by atoms with Crippen LogP contribution >= 0.6 is 22.7 Å².